The second-order valence-corrected chi connectivity index (χ2v) is 5.69. The van der Waals surface area contributed by atoms with Gasteiger partial charge in [-0.1, -0.05) is 18.6 Å². The molecule has 2 aromatic carbocycles. The standard InChI is InChI=1S/C16H17NOS/c1-3-19-15-9-4-11(2)10-14(15)16(18)12-5-7-13(17)8-6-12/h4-10H,3,17H2,1-2H3. The van der Waals surface area contributed by atoms with Crippen molar-refractivity contribution < 1.29 is 4.79 Å². The molecule has 0 atom stereocenters. The first-order valence-corrected chi connectivity index (χ1v) is 7.24. The minimum atomic E-state index is 0.0552. The summed E-state index contributed by atoms with van der Waals surface area (Å²) in [5.74, 6) is 1.00. The van der Waals surface area contributed by atoms with Crippen LogP contribution in [-0.4, -0.2) is 11.5 Å². The molecule has 0 saturated heterocycles. The zero-order chi connectivity index (χ0) is 13.8. The number of rotatable bonds is 4. The van der Waals surface area contributed by atoms with Crippen molar-refractivity contribution in [2.75, 3.05) is 11.5 Å². The zero-order valence-corrected chi connectivity index (χ0v) is 12.0. The van der Waals surface area contributed by atoms with Gasteiger partial charge in [-0.05, 0) is 49.1 Å². The van der Waals surface area contributed by atoms with Gasteiger partial charge in [0.2, 0.25) is 0 Å². The third kappa shape index (κ3) is 3.18. The molecule has 0 unspecified atom stereocenters. The Morgan fingerprint density at radius 2 is 1.84 bits per heavy atom. The van der Waals surface area contributed by atoms with Crippen LogP contribution in [0.15, 0.2) is 47.4 Å². The van der Waals surface area contributed by atoms with Gasteiger partial charge in [0.05, 0.1) is 0 Å². The lowest BCUT2D eigenvalue weighted by Crippen LogP contribution is -2.04. The number of ketones is 1. The van der Waals surface area contributed by atoms with E-state index in [-0.39, 0.29) is 5.78 Å². The van der Waals surface area contributed by atoms with E-state index < -0.39 is 0 Å². The van der Waals surface area contributed by atoms with Crippen LogP contribution in [0, 0.1) is 6.92 Å². The third-order valence-electron chi connectivity index (χ3n) is 2.85. The Balaban J connectivity index is 2.42. The Labute approximate surface area is 118 Å². The quantitative estimate of drug-likeness (QED) is 0.520. The maximum atomic E-state index is 12.6. The summed E-state index contributed by atoms with van der Waals surface area (Å²) in [6.45, 7) is 4.09. The fraction of sp³-hybridized carbons (Fsp3) is 0.188. The number of anilines is 1. The van der Waals surface area contributed by atoms with E-state index in [1.165, 1.54) is 0 Å². The summed E-state index contributed by atoms with van der Waals surface area (Å²) in [4.78, 5) is 13.6. The summed E-state index contributed by atoms with van der Waals surface area (Å²) < 4.78 is 0. The van der Waals surface area contributed by atoms with Crippen LogP contribution in [-0.2, 0) is 0 Å². The van der Waals surface area contributed by atoms with Crippen molar-refractivity contribution in [2.24, 2.45) is 0 Å². The number of carbonyl (C=O) groups is 1. The molecule has 2 N–H and O–H groups in total. The summed E-state index contributed by atoms with van der Waals surface area (Å²) >= 11 is 1.69. The summed E-state index contributed by atoms with van der Waals surface area (Å²) in [6, 6.07) is 13.1. The first-order valence-electron chi connectivity index (χ1n) is 6.25. The van der Waals surface area contributed by atoms with Gasteiger partial charge < -0.3 is 5.73 Å². The van der Waals surface area contributed by atoms with Gasteiger partial charge in [0.1, 0.15) is 0 Å². The van der Waals surface area contributed by atoms with Crippen molar-refractivity contribution in [3.63, 3.8) is 0 Å². The molecule has 2 rings (SSSR count). The number of benzene rings is 2. The Bertz CT molecular complexity index is 590. The molecule has 0 aliphatic rings. The van der Waals surface area contributed by atoms with Gasteiger partial charge >= 0.3 is 0 Å². The van der Waals surface area contributed by atoms with E-state index in [4.69, 9.17) is 5.73 Å². The molecular formula is C16H17NOS. The highest BCUT2D eigenvalue weighted by Crippen LogP contribution is 2.26. The van der Waals surface area contributed by atoms with Gasteiger partial charge in [-0.25, -0.2) is 0 Å². The van der Waals surface area contributed by atoms with Crippen LogP contribution in [0.2, 0.25) is 0 Å². The van der Waals surface area contributed by atoms with E-state index >= 15 is 0 Å². The summed E-state index contributed by atoms with van der Waals surface area (Å²) in [5, 5.41) is 0. The van der Waals surface area contributed by atoms with Crippen molar-refractivity contribution in [3.8, 4) is 0 Å². The molecule has 0 saturated carbocycles. The lowest BCUT2D eigenvalue weighted by Gasteiger charge is -2.09. The molecular weight excluding hydrogens is 254 g/mol. The predicted molar refractivity (Wildman–Crippen MR) is 81.9 cm³/mol. The highest BCUT2D eigenvalue weighted by Gasteiger charge is 2.13. The Hall–Kier alpha value is -1.74. The number of thioether (sulfide) groups is 1. The molecule has 0 aromatic heterocycles. The monoisotopic (exact) mass is 271 g/mol. The number of hydrogen-bond donors (Lipinski definition) is 1. The van der Waals surface area contributed by atoms with Crippen LogP contribution in [0.4, 0.5) is 5.69 Å². The lowest BCUT2D eigenvalue weighted by atomic mass is 10.0. The van der Waals surface area contributed by atoms with Gasteiger partial charge in [0.25, 0.3) is 0 Å². The van der Waals surface area contributed by atoms with Crippen LogP contribution in [0.5, 0.6) is 0 Å². The largest absolute Gasteiger partial charge is 0.399 e. The van der Waals surface area contributed by atoms with Crippen LogP contribution in [0.1, 0.15) is 28.4 Å². The van der Waals surface area contributed by atoms with E-state index in [9.17, 15) is 4.79 Å². The van der Waals surface area contributed by atoms with Crippen molar-refractivity contribution in [1.29, 1.82) is 0 Å². The number of nitrogens with two attached hydrogens (primary N) is 1. The van der Waals surface area contributed by atoms with Crippen molar-refractivity contribution in [2.45, 2.75) is 18.7 Å². The van der Waals surface area contributed by atoms with Crippen LogP contribution >= 0.6 is 11.8 Å². The van der Waals surface area contributed by atoms with Gasteiger partial charge in [-0.15, -0.1) is 11.8 Å². The van der Waals surface area contributed by atoms with Crippen LogP contribution in [0.3, 0.4) is 0 Å². The highest BCUT2D eigenvalue weighted by molar-refractivity contribution is 7.99. The van der Waals surface area contributed by atoms with E-state index in [1.54, 1.807) is 36.0 Å². The topological polar surface area (TPSA) is 43.1 Å². The SMILES string of the molecule is CCSc1ccc(C)cc1C(=O)c1ccc(N)cc1. The molecule has 0 aliphatic heterocycles. The Morgan fingerprint density at radius 3 is 2.47 bits per heavy atom. The highest BCUT2D eigenvalue weighted by atomic mass is 32.2. The molecule has 0 amide bonds. The summed E-state index contributed by atoms with van der Waals surface area (Å²) in [6.07, 6.45) is 0. The molecule has 0 heterocycles. The molecule has 2 nitrogen and oxygen atoms in total. The smallest absolute Gasteiger partial charge is 0.194 e. The molecule has 0 aliphatic carbocycles. The van der Waals surface area contributed by atoms with E-state index in [0.29, 0.717) is 11.3 Å². The molecule has 3 heteroatoms. The van der Waals surface area contributed by atoms with Crippen molar-refractivity contribution in [1.82, 2.24) is 0 Å². The molecule has 19 heavy (non-hydrogen) atoms. The van der Waals surface area contributed by atoms with Gasteiger partial charge in [0, 0.05) is 21.7 Å². The second-order valence-electron chi connectivity index (χ2n) is 4.38. The minimum absolute atomic E-state index is 0.0552. The predicted octanol–water partition coefficient (Wildman–Crippen LogP) is 3.92. The molecule has 2 aromatic rings. The molecule has 0 bridgehead atoms. The van der Waals surface area contributed by atoms with Crippen LogP contribution in [0.25, 0.3) is 0 Å². The number of aryl methyl sites for hydroxylation is 1. The van der Waals surface area contributed by atoms with E-state index in [2.05, 4.69) is 6.92 Å². The fourth-order valence-corrected chi connectivity index (χ4v) is 2.68. The average Bonchev–Trinajstić information content (AvgIpc) is 2.41. The normalized spacial score (nSPS) is 10.4. The Kier molecular flexibility index (Phi) is 4.27. The number of nitrogen functional groups attached to an aromatic ring is 1. The summed E-state index contributed by atoms with van der Waals surface area (Å²) in [7, 11) is 0. The second kappa shape index (κ2) is 5.93. The fourth-order valence-electron chi connectivity index (χ4n) is 1.89. The first-order chi connectivity index (χ1) is 9.11. The molecule has 98 valence electrons. The summed E-state index contributed by atoms with van der Waals surface area (Å²) in [5.41, 5.74) is 8.87. The third-order valence-corrected chi connectivity index (χ3v) is 3.81. The maximum Gasteiger partial charge on any atom is 0.194 e. The van der Waals surface area contributed by atoms with Crippen molar-refractivity contribution >= 4 is 23.2 Å². The first kappa shape index (κ1) is 13.7. The maximum absolute atomic E-state index is 12.6. The van der Waals surface area contributed by atoms with Gasteiger partial charge in [-0.2, -0.15) is 0 Å². The average molecular weight is 271 g/mol. The lowest BCUT2D eigenvalue weighted by molar-refractivity contribution is 0.103. The molecule has 0 fully saturated rings. The van der Waals surface area contributed by atoms with Gasteiger partial charge in [0.15, 0.2) is 5.78 Å². The number of hydrogen-bond acceptors (Lipinski definition) is 3. The zero-order valence-electron chi connectivity index (χ0n) is 11.1. The number of carbonyl (C=O) groups excluding carboxylic acids is 1. The molecule has 0 radical (unpaired) electrons. The van der Waals surface area contributed by atoms with Crippen molar-refractivity contribution in [3.05, 3.63) is 59.2 Å². The van der Waals surface area contributed by atoms with Crippen LogP contribution < -0.4 is 5.73 Å². The van der Waals surface area contributed by atoms with E-state index in [0.717, 1.165) is 21.8 Å². The van der Waals surface area contributed by atoms with Gasteiger partial charge in [-0.3, -0.25) is 4.79 Å². The minimum Gasteiger partial charge on any atom is -0.399 e. The Morgan fingerprint density at radius 1 is 1.16 bits per heavy atom. The van der Waals surface area contributed by atoms with E-state index in [1.807, 2.05) is 25.1 Å². The molecule has 0 spiro atoms.